The molecule has 0 fully saturated rings. The zero-order valence-electron chi connectivity index (χ0n) is 7.90. The number of phenolic OH excluding ortho intramolecular Hbond substituents is 1. The maximum absolute atomic E-state index is 9.29. The van der Waals surface area contributed by atoms with Crippen LogP contribution in [0.3, 0.4) is 0 Å². The molecule has 0 aliphatic carbocycles. The monoisotopic (exact) mass is 184 g/mol. The predicted molar refractivity (Wildman–Crippen MR) is 59.5 cm³/mol. The predicted octanol–water partition coefficient (Wildman–Crippen LogP) is 3.27. The molecule has 0 saturated heterocycles. The van der Waals surface area contributed by atoms with Gasteiger partial charge in [-0.15, -0.1) is 6.58 Å². The lowest BCUT2D eigenvalue weighted by Gasteiger charge is -2.01. The number of hydrogen-bond acceptors (Lipinski definition) is 1. The molecule has 2 rings (SSSR count). The molecule has 0 amide bonds. The molecular formula is C13H12O. The maximum Gasteiger partial charge on any atom is 0.116 e. The summed E-state index contributed by atoms with van der Waals surface area (Å²) in [4.78, 5) is 0. The van der Waals surface area contributed by atoms with Gasteiger partial charge in [0, 0.05) is 0 Å². The Labute approximate surface area is 83.3 Å². The van der Waals surface area contributed by atoms with E-state index in [1.165, 1.54) is 5.56 Å². The molecule has 0 unspecified atom stereocenters. The number of hydrogen-bond donors (Lipinski definition) is 1. The number of benzene rings is 2. The largest absolute Gasteiger partial charge is 0.508 e. The fourth-order valence-corrected chi connectivity index (χ4v) is 1.58. The molecule has 0 aliphatic heterocycles. The van der Waals surface area contributed by atoms with Gasteiger partial charge in [-0.3, -0.25) is 0 Å². The van der Waals surface area contributed by atoms with E-state index in [9.17, 15) is 5.11 Å². The van der Waals surface area contributed by atoms with Crippen molar-refractivity contribution in [2.45, 2.75) is 6.42 Å². The number of fused-ring (bicyclic) bond motifs is 1. The molecule has 0 aliphatic rings. The summed E-state index contributed by atoms with van der Waals surface area (Å²) in [5.41, 5.74) is 1.25. The zero-order valence-corrected chi connectivity index (χ0v) is 7.90. The van der Waals surface area contributed by atoms with Gasteiger partial charge in [0.1, 0.15) is 5.75 Å². The van der Waals surface area contributed by atoms with Gasteiger partial charge < -0.3 is 5.11 Å². The SMILES string of the molecule is C=CCc1ccc2cc(O)ccc2c1. The van der Waals surface area contributed by atoms with Crippen molar-refractivity contribution < 1.29 is 5.11 Å². The Morgan fingerprint density at radius 2 is 1.79 bits per heavy atom. The van der Waals surface area contributed by atoms with E-state index >= 15 is 0 Å². The van der Waals surface area contributed by atoms with Crippen molar-refractivity contribution in [1.82, 2.24) is 0 Å². The normalized spacial score (nSPS) is 10.3. The summed E-state index contributed by atoms with van der Waals surface area (Å²) in [7, 11) is 0. The standard InChI is InChI=1S/C13H12O/c1-2-3-10-4-5-12-9-13(14)7-6-11(12)8-10/h2,4-9,14H,1,3H2. The molecule has 0 aromatic heterocycles. The van der Waals surface area contributed by atoms with E-state index in [2.05, 4.69) is 18.7 Å². The third-order valence-corrected chi connectivity index (χ3v) is 2.27. The van der Waals surface area contributed by atoms with Gasteiger partial charge in [-0.2, -0.15) is 0 Å². The Bertz CT molecular complexity index is 472. The fraction of sp³-hybridized carbons (Fsp3) is 0.0769. The third kappa shape index (κ3) is 1.62. The van der Waals surface area contributed by atoms with E-state index in [0.29, 0.717) is 5.75 Å². The van der Waals surface area contributed by atoms with Gasteiger partial charge in [0.25, 0.3) is 0 Å². The van der Waals surface area contributed by atoms with Crippen molar-refractivity contribution in [2.24, 2.45) is 0 Å². The van der Waals surface area contributed by atoms with Crippen molar-refractivity contribution in [2.75, 3.05) is 0 Å². The van der Waals surface area contributed by atoms with Crippen LogP contribution in [0.2, 0.25) is 0 Å². The van der Waals surface area contributed by atoms with Gasteiger partial charge in [0.15, 0.2) is 0 Å². The molecule has 0 bridgehead atoms. The Hall–Kier alpha value is -1.76. The molecule has 70 valence electrons. The van der Waals surface area contributed by atoms with Crippen LogP contribution in [0.15, 0.2) is 49.1 Å². The van der Waals surface area contributed by atoms with Crippen LogP contribution >= 0.6 is 0 Å². The van der Waals surface area contributed by atoms with Crippen LogP contribution in [0.5, 0.6) is 5.75 Å². The highest BCUT2D eigenvalue weighted by Gasteiger charge is 1.96. The quantitative estimate of drug-likeness (QED) is 0.710. The van der Waals surface area contributed by atoms with Gasteiger partial charge in [-0.25, -0.2) is 0 Å². The minimum Gasteiger partial charge on any atom is -0.508 e. The summed E-state index contributed by atoms with van der Waals surface area (Å²) in [5, 5.41) is 11.5. The molecule has 2 aromatic rings. The average molecular weight is 184 g/mol. The number of phenols is 1. The van der Waals surface area contributed by atoms with Crippen molar-refractivity contribution in [3.05, 3.63) is 54.6 Å². The molecule has 0 spiro atoms. The van der Waals surface area contributed by atoms with Crippen molar-refractivity contribution in [3.8, 4) is 5.75 Å². The van der Waals surface area contributed by atoms with E-state index in [-0.39, 0.29) is 0 Å². The van der Waals surface area contributed by atoms with Crippen LogP contribution in [0.1, 0.15) is 5.56 Å². The first-order valence-electron chi connectivity index (χ1n) is 4.62. The van der Waals surface area contributed by atoms with Crippen LogP contribution in [0.4, 0.5) is 0 Å². The molecule has 1 N–H and O–H groups in total. The third-order valence-electron chi connectivity index (χ3n) is 2.27. The van der Waals surface area contributed by atoms with Gasteiger partial charge in [-0.1, -0.05) is 30.3 Å². The second-order valence-corrected chi connectivity index (χ2v) is 3.36. The molecule has 1 nitrogen and oxygen atoms in total. The van der Waals surface area contributed by atoms with E-state index < -0.39 is 0 Å². The van der Waals surface area contributed by atoms with Gasteiger partial charge in [0.05, 0.1) is 0 Å². The van der Waals surface area contributed by atoms with Gasteiger partial charge in [-0.05, 0) is 34.9 Å². The minimum atomic E-state index is 0.314. The first kappa shape index (κ1) is 8.82. The highest BCUT2D eigenvalue weighted by Crippen LogP contribution is 2.21. The average Bonchev–Trinajstić information content (AvgIpc) is 2.19. The number of rotatable bonds is 2. The van der Waals surface area contributed by atoms with Crippen LogP contribution in [-0.4, -0.2) is 5.11 Å². The van der Waals surface area contributed by atoms with Crippen LogP contribution < -0.4 is 0 Å². The van der Waals surface area contributed by atoms with Crippen LogP contribution in [0.25, 0.3) is 10.8 Å². The zero-order chi connectivity index (χ0) is 9.97. The van der Waals surface area contributed by atoms with E-state index in [1.807, 2.05) is 18.2 Å². The smallest absolute Gasteiger partial charge is 0.116 e. The first-order chi connectivity index (χ1) is 6.79. The molecule has 0 heterocycles. The summed E-state index contributed by atoms with van der Waals surface area (Å²) in [6.45, 7) is 3.71. The van der Waals surface area contributed by atoms with Crippen molar-refractivity contribution in [1.29, 1.82) is 0 Å². The number of allylic oxidation sites excluding steroid dienone is 1. The molecule has 0 atom stereocenters. The molecular weight excluding hydrogens is 172 g/mol. The van der Waals surface area contributed by atoms with Crippen LogP contribution in [-0.2, 0) is 6.42 Å². The van der Waals surface area contributed by atoms with Crippen molar-refractivity contribution in [3.63, 3.8) is 0 Å². The lowest BCUT2D eigenvalue weighted by atomic mass is 10.1. The summed E-state index contributed by atoms with van der Waals surface area (Å²) in [6.07, 6.45) is 2.78. The Balaban J connectivity index is 2.55. The molecule has 1 heteroatoms. The molecule has 2 aromatic carbocycles. The van der Waals surface area contributed by atoms with E-state index in [0.717, 1.165) is 17.2 Å². The lowest BCUT2D eigenvalue weighted by molar-refractivity contribution is 0.476. The second kappa shape index (κ2) is 3.54. The van der Waals surface area contributed by atoms with Crippen LogP contribution in [0, 0.1) is 0 Å². The summed E-state index contributed by atoms with van der Waals surface area (Å²) in [5.74, 6) is 0.314. The van der Waals surface area contributed by atoms with Gasteiger partial charge >= 0.3 is 0 Å². The topological polar surface area (TPSA) is 20.2 Å². The summed E-state index contributed by atoms with van der Waals surface area (Å²) >= 11 is 0. The van der Waals surface area contributed by atoms with E-state index in [4.69, 9.17) is 0 Å². The highest BCUT2D eigenvalue weighted by molar-refractivity contribution is 5.84. The fourth-order valence-electron chi connectivity index (χ4n) is 1.58. The minimum absolute atomic E-state index is 0.314. The number of aromatic hydroxyl groups is 1. The molecule has 0 radical (unpaired) electrons. The Morgan fingerprint density at radius 1 is 1.07 bits per heavy atom. The van der Waals surface area contributed by atoms with Crippen molar-refractivity contribution >= 4 is 10.8 Å². The van der Waals surface area contributed by atoms with Gasteiger partial charge in [0.2, 0.25) is 0 Å². The van der Waals surface area contributed by atoms with E-state index in [1.54, 1.807) is 12.1 Å². The lowest BCUT2D eigenvalue weighted by Crippen LogP contribution is -1.80. The summed E-state index contributed by atoms with van der Waals surface area (Å²) < 4.78 is 0. The highest BCUT2D eigenvalue weighted by atomic mass is 16.3. The summed E-state index contributed by atoms with van der Waals surface area (Å²) in [6, 6.07) is 11.6. The second-order valence-electron chi connectivity index (χ2n) is 3.36. The Morgan fingerprint density at radius 3 is 2.57 bits per heavy atom. The Kier molecular flexibility index (Phi) is 2.23. The molecule has 0 saturated carbocycles. The molecule has 14 heavy (non-hydrogen) atoms. The first-order valence-corrected chi connectivity index (χ1v) is 4.62. The maximum atomic E-state index is 9.29.